The molecule has 100 valence electrons. The van der Waals surface area contributed by atoms with Gasteiger partial charge in [-0.05, 0) is 28.8 Å². The van der Waals surface area contributed by atoms with Gasteiger partial charge >= 0.3 is 0 Å². The highest BCUT2D eigenvalue weighted by atomic mass is 16.1. The van der Waals surface area contributed by atoms with E-state index in [1.807, 2.05) is 19.1 Å². The van der Waals surface area contributed by atoms with Crippen molar-refractivity contribution in [1.82, 2.24) is 5.32 Å². The summed E-state index contributed by atoms with van der Waals surface area (Å²) in [4.78, 5) is 11.9. The summed E-state index contributed by atoms with van der Waals surface area (Å²) in [5.74, 6) is 0.250. The number of rotatable bonds is 5. The van der Waals surface area contributed by atoms with Crippen molar-refractivity contribution in [3.63, 3.8) is 0 Å². The number of carbonyl (C=O) groups excluding carboxylic acids is 1. The fourth-order valence-corrected chi connectivity index (χ4v) is 2.28. The lowest BCUT2D eigenvalue weighted by Gasteiger charge is -2.11. The van der Waals surface area contributed by atoms with Crippen molar-refractivity contribution in [3.05, 3.63) is 48.0 Å². The van der Waals surface area contributed by atoms with Gasteiger partial charge in [-0.1, -0.05) is 56.7 Å². The number of amides is 1. The van der Waals surface area contributed by atoms with E-state index >= 15 is 0 Å². The Labute approximate surface area is 114 Å². The first kappa shape index (κ1) is 13.6. The number of carbonyl (C=O) groups is 1. The average Bonchev–Trinajstić information content (AvgIpc) is 2.44. The minimum Gasteiger partial charge on any atom is -0.352 e. The summed E-state index contributed by atoms with van der Waals surface area (Å²) in [6.45, 7) is 4.70. The quantitative estimate of drug-likeness (QED) is 0.862. The Morgan fingerprint density at radius 2 is 1.89 bits per heavy atom. The Balaban J connectivity index is 2.00. The molecule has 0 aliphatic carbocycles. The van der Waals surface area contributed by atoms with Gasteiger partial charge in [0.1, 0.15) is 0 Å². The normalized spacial score (nSPS) is 12.3. The summed E-state index contributed by atoms with van der Waals surface area (Å²) in [5, 5.41) is 5.46. The van der Waals surface area contributed by atoms with Crippen LogP contribution in [0.1, 0.15) is 32.3 Å². The number of nitrogens with one attached hydrogen (secondary N) is 1. The summed E-state index contributed by atoms with van der Waals surface area (Å²) < 4.78 is 0. The third-order valence-corrected chi connectivity index (χ3v) is 3.45. The molecule has 1 unspecified atom stereocenters. The van der Waals surface area contributed by atoms with Gasteiger partial charge in [0.05, 0.1) is 0 Å². The maximum absolute atomic E-state index is 11.9. The highest BCUT2D eigenvalue weighted by Gasteiger charge is 2.10. The van der Waals surface area contributed by atoms with E-state index in [0.717, 1.165) is 18.4 Å². The predicted molar refractivity (Wildman–Crippen MR) is 79.9 cm³/mol. The van der Waals surface area contributed by atoms with Gasteiger partial charge in [0.2, 0.25) is 5.91 Å². The third-order valence-electron chi connectivity index (χ3n) is 3.45. The topological polar surface area (TPSA) is 29.1 Å². The van der Waals surface area contributed by atoms with Gasteiger partial charge in [0, 0.05) is 12.5 Å². The highest BCUT2D eigenvalue weighted by molar-refractivity contribution is 5.83. The molecule has 2 nitrogen and oxygen atoms in total. The monoisotopic (exact) mass is 255 g/mol. The molecule has 0 heterocycles. The van der Waals surface area contributed by atoms with E-state index in [-0.39, 0.29) is 11.8 Å². The molecule has 2 rings (SSSR count). The second-order valence-electron chi connectivity index (χ2n) is 5.09. The molecular formula is C17H21NO. The highest BCUT2D eigenvalue weighted by Crippen LogP contribution is 2.15. The van der Waals surface area contributed by atoms with Crippen LogP contribution >= 0.6 is 0 Å². The lowest BCUT2D eigenvalue weighted by atomic mass is 10.0. The van der Waals surface area contributed by atoms with Crippen molar-refractivity contribution >= 4 is 16.7 Å². The largest absolute Gasteiger partial charge is 0.352 e. The molecule has 0 aliphatic heterocycles. The van der Waals surface area contributed by atoms with Crippen LogP contribution < -0.4 is 5.32 Å². The van der Waals surface area contributed by atoms with Crippen molar-refractivity contribution in [2.75, 3.05) is 0 Å². The molecule has 0 aromatic heterocycles. The van der Waals surface area contributed by atoms with Crippen molar-refractivity contribution < 1.29 is 4.79 Å². The van der Waals surface area contributed by atoms with Gasteiger partial charge in [-0.25, -0.2) is 0 Å². The van der Waals surface area contributed by atoms with Gasteiger partial charge in [-0.2, -0.15) is 0 Å². The smallest absolute Gasteiger partial charge is 0.223 e. The maximum atomic E-state index is 11.9. The molecule has 0 radical (unpaired) electrons. The average molecular weight is 255 g/mol. The van der Waals surface area contributed by atoms with Crippen molar-refractivity contribution in [1.29, 1.82) is 0 Å². The first-order valence-corrected chi connectivity index (χ1v) is 6.96. The van der Waals surface area contributed by atoms with Crippen LogP contribution in [0.5, 0.6) is 0 Å². The first-order chi connectivity index (χ1) is 9.20. The molecule has 1 atom stereocenters. The van der Waals surface area contributed by atoms with Crippen molar-refractivity contribution in [2.45, 2.75) is 33.2 Å². The Morgan fingerprint density at radius 3 is 2.63 bits per heavy atom. The maximum Gasteiger partial charge on any atom is 0.223 e. The van der Waals surface area contributed by atoms with Crippen LogP contribution in [-0.2, 0) is 11.3 Å². The lowest BCUT2D eigenvalue weighted by molar-refractivity contribution is -0.124. The lowest BCUT2D eigenvalue weighted by Crippen LogP contribution is -2.28. The molecule has 19 heavy (non-hydrogen) atoms. The van der Waals surface area contributed by atoms with Crippen LogP contribution in [0.25, 0.3) is 10.8 Å². The standard InChI is InChI=1S/C17H21NO/c1-3-6-13(2)17(19)18-12-14-9-10-15-7-4-5-8-16(15)11-14/h4-5,7-11,13H,3,6,12H2,1-2H3,(H,18,19). The predicted octanol–water partition coefficient (Wildman–Crippen LogP) is 3.89. The Bertz CT molecular complexity index is 562. The Hall–Kier alpha value is -1.83. The molecule has 2 aromatic rings. The van der Waals surface area contributed by atoms with E-state index in [0.29, 0.717) is 6.54 Å². The number of hydrogen-bond donors (Lipinski definition) is 1. The van der Waals surface area contributed by atoms with Gasteiger partial charge < -0.3 is 5.32 Å². The molecule has 2 aromatic carbocycles. The fraction of sp³-hybridized carbons (Fsp3) is 0.353. The van der Waals surface area contributed by atoms with E-state index in [4.69, 9.17) is 0 Å². The van der Waals surface area contributed by atoms with E-state index < -0.39 is 0 Å². The Kier molecular flexibility index (Phi) is 4.56. The summed E-state index contributed by atoms with van der Waals surface area (Å²) in [7, 11) is 0. The van der Waals surface area contributed by atoms with Crippen LogP contribution in [0.15, 0.2) is 42.5 Å². The molecule has 1 N–H and O–H groups in total. The second kappa shape index (κ2) is 6.37. The molecule has 0 saturated heterocycles. The molecular weight excluding hydrogens is 234 g/mol. The summed E-state index contributed by atoms with van der Waals surface area (Å²) in [5.41, 5.74) is 1.15. The molecule has 0 aliphatic rings. The van der Waals surface area contributed by atoms with E-state index in [1.54, 1.807) is 0 Å². The Morgan fingerprint density at radius 1 is 1.16 bits per heavy atom. The SMILES string of the molecule is CCCC(C)C(=O)NCc1ccc2ccccc2c1. The molecule has 0 saturated carbocycles. The fourth-order valence-electron chi connectivity index (χ4n) is 2.28. The van der Waals surface area contributed by atoms with Crippen LogP contribution in [0.2, 0.25) is 0 Å². The van der Waals surface area contributed by atoms with Gasteiger partial charge in [-0.3, -0.25) is 4.79 Å². The summed E-state index contributed by atoms with van der Waals surface area (Å²) in [6, 6.07) is 14.6. The van der Waals surface area contributed by atoms with Gasteiger partial charge in [0.15, 0.2) is 0 Å². The molecule has 2 heteroatoms. The van der Waals surface area contributed by atoms with Crippen molar-refractivity contribution in [2.24, 2.45) is 5.92 Å². The van der Waals surface area contributed by atoms with Gasteiger partial charge in [0.25, 0.3) is 0 Å². The first-order valence-electron chi connectivity index (χ1n) is 6.96. The van der Waals surface area contributed by atoms with E-state index in [9.17, 15) is 4.79 Å². The zero-order chi connectivity index (χ0) is 13.7. The van der Waals surface area contributed by atoms with E-state index in [1.165, 1.54) is 10.8 Å². The van der Waals surface area contributed by atoms with Gasteiger partial charge in [-0.15, -0.1) is 0 Å². The number of hydrogen-bond acceptors (Lipinski definition) is 1. The molecule has 1 amide bonds. The number of fused-ring (bicyclic) bond motifs is 1. The van der Waals surface area contributed by atoms with Crippen LogP contribution in [0.4, 0.5) is 0 Å². The van der Waals surface area contributed by atoms with Crippen LogP contribution in [-0.4, -0.2) is 5.91 Å². The minimum atomic E-state index is 0.102. The van der Waals surface area contributed by atoms with E-state index in [2.05, 4.69) is 42.6 Å². The molecule has 0 spiro atoms. The van der Waals surface area contributed by atoms with Crippen molar-refractivity contribution in [3.8, 4) is 0 Å². The summed E-state index contributed by atoms with van der Waals surface area (Å²) in [6.07, 6.45) is 1.99. The molecule has 0 fully saturated rings. The second-order valence-corrected chi connectivity index (χ2v) is 5.09. The zero-order valence-corrected chi connectivity index (χ0v) is 11.6. The number of benzene rings is 2. The zero-order valence-electron chi connectivity index (χ0n) is 11.6. The van der Waals surface area contributed by atoms with Crippen LogP contribution in [0, 0.1) is 5.92 Å². The van der Waals surface area contributed by atoms with Crippen LogP contribution in [0.3, 0.4) is 0 Å². The third kappa shape index (κ3) is 3.57. The summed E-state index contributed by atoms with van der Waals surface area (Å²) >= 11 is 0. The molecule has 0 bridgehead atoms. The minimum absolute atomic E-state index is 0.102.